The summed E-state index contributed by atoms with van der Waals surface area (Å²) in [4.78, 5) is 36.6. The average Bonchev–Trinajstić information content (AvgIpc) is 2.95. The van der Waals surface area contributed by atoms with Gasteiger partial charge >= 0.3 is 5.97 Å². The van der Waals surface area contributed by atoms with Gasteiger partial charge in [0.15, 0.2) is 18.1 Å². The summed E-state index contributed by atoms with van der Waals surface area (Å²) in [5.41, 5.74) is 13.5. The first-order chi connectivity index (χ1) is 20.0. The van der Waals surface area contributed by atoms with Crippen LogP contribution in [0, 0.1) is 5.41 Å². The van der Waals surface area contributed by atoms with Crippen molar-refractivity contribution >= 4 is 40.7 Å². The van der Waals surface area contributed by atoms with E-state index in [1.54, 1.807) is 62.4 Å². The van der Waals surface area contributed by atoms with E-state index in [1.165, 1.54) is 13.2 Å². The summed E-state index contributed by atoms with van der Waals surface area (Å²) in [7, 11) is 1.48. The fourth-order valence-electron chi connectivity index (χ4n) is 3.83. The van der Waals surface area contributed by atoms with Crippen LogP contribution in [0.5, 0.6) is 17.2 Å². The molecule has 9 N–H and O–H groups in total. The Bertz CT molecular complexity index is 1460. The Morgan fingerprint density at radius 2 is 1.71 bits per heavy atom. The van der Waals surface area contributed by atoms with Gasteiger partial charge in [0.2, 0.25) is 5.91 Å². The lowest BCUT2D eigenvalue weighted by atomic mass is 10.1. The molecule has 3 aromatic rings. The minimum Gasteiger partial charge on any atom is -0.497 e. The summed E-state index contributed by atoms with van der Waals surface area (Å²) >= 11 is 0. The van der Waals surface area contributed by atoms with E-state index in [-0.39, 0.29) is 42.1 Å². The topological polar surface area (TPSA) is 211 Å². The van der Waals surface area contributed by atoms with Crippen LogP contribution in [0.3, 0.4) is 0 Å². The number of nitrogens with two attached hydrogens (primary N) is 2. The Kier molecular flexibility index (Phi) is 10.7. The van der Waals surface area contributed by atoms with Crippen molar-refractivity contribution < 1.29 is 33.7 Å². The Morgan fingerprint density at radius 3 is 2.31 bits per heavy atom. The van der Waals surface area contributed by atoms with Crippen molar-refractivity contribution in [2.24, 2.45) is 11.5 Å². The molecule has 13 nitrogen and oxygen atoms in total. The van der Waals surface area contributed by atoms with E-state index in [1.807, 2.05) is 0 Å². The van der Waals surface area contributed by atoms with E-state index in [0.717, 1.165) is 0 Å². The number of carbonyl (C=O) groups excluding carboxylic acids is 2. The van der Waals surface area contributed by atoms with Crippen LogP contribution < -0.4 is 41.6 Å². The molecular weight excluding hydrogens is 544 g/mol. The number of methoxy groups -OCH3 is 1. The number of ether oxygens (including phenoxy) is 3. The van der Waals surface area contributed by atoms with E-state index < -0.39 is 24.4 Å². The zero-order chi connectivity index (χ0) is 30.8. The van der Waals surface area contributed by atoms with E-state index in [0.29, 0.717) is 33.9 Å². The highest BCUT2D eigenvalue weighted by molar-refractivity contribution is 6.08. The number of carbonyl (C=O) groups is 3. The first-order valence-corrected chi connectivity index (χ1v) is 12.9. The van der Waals surface area contributed by atoms with Gasteiger partial charge in [0.05, 0.1) is 25.3 Å². The van der Waals surface area contributed by atoms with E-state index >= 15 is 0 Å². The Morgan fingerprint density at radius 1 is 1.00 bits per heavy atom. The number of hydrogen-bond donors (Lipinski definition) is 7. The molecule has 0 aliphatic rings. The molecule has 0 heterocycles. The number of amides is 2. The first-order valence-electron chi connectivity index (χ1n) is 12.9. The molecular formula is C29H34N6O7. The molecule has 0 spiro atoms. The second kappa shape index (κ2) is 14.4. The van der Waals surface area contributed by atoms with Crippen molar-refractivity contribution in [2.75, 3.05) is 36.2 Å². The van der Waals surface area contributed by atoms with Gasteiger partial charge in [-0.2, -0.15) is 0 Å². The molecule has 0 atom stereocenters. The van der Waals surface area contributed by atoms with Crippen molar-refractivity contribution in [2.45, 2.75) is 26.5 Å². The molecule has 0 saturated heterocycles. The van der Waals surface area contributed by atoms with Crippen molar-refractivity contribution in [3.05, 3.63) is 71.3 Å². The van der Waals surface area contributed by atoms with Gasteiger partial charge in [-0.1, -0.05) is 0 Å². The highest BCUT2D eigenvalue weighted by Crippen LogP contribution is 2.37. The third-order valence-corrected chi connectivity index (χ3v) is 5.70. The van der Waals surface area contributed by atoms with E-state index in [2.05, 4.69) is 16.0 Å². The smallest absolute Gasteiger partial charge is 0.341 e. The second-order valence-corrected chi connectivity index (χ2v) is 9.27. The van der Waals surface area contributed by atoms with Gasteiger partial charge in [0.1, 0.15) is 11.6 Å². The number of nitrogens with one attached hydrogen (secondary N) is 4. The third kappa shape index (κ3) is 8.60. The predicted octanol–water partition coefficient (Wildman–Crippen LogP) is 2.99. The molecule has 13 heteroatoms. The SMILES string of the molecule is COc1ccc(NCc2cc(NC(=O)CN)cc(OC(C)C)c2OCC(=O)O)c(C(=O)Nc2ccc(C(=N)N)cc2)c1. The minimum atomic E-state index is -1.18. The predicted molar refractivity (Wildman–Crippen MR) is 159 cm³/mol. The maximum Gasteiger partial charge on any atom is 0.341 e. The van der Waals surface area contributed by atoms with E-state index in [9.17, 15) is 19.5 Å². The Labute approximate surface area is 242 Å². The summed E-state index contributed by atoms with van der Waals surface area (Å²) in [6, 6.07) is 14.5. The lowest BCUT2D eigenvalue weighted by molar-refractivity contribution is -0.139. The van der Waals surface area contributed by atoms with Gasteiger partial charge in [-0.3, -0.25) is 15.0 Å². The summed E-state index contributed by atoms with van der Waals surface area (Å²) < 4.78 is 16.8. The number of benzene rings is 3. The van der Waals surface area contributed by atoms with Crippen LogP contribution >= 0.6 is 0 Å². The normalized spacial score (nSPS) is 10.5. The lowest BCUT2D eigenvalue weighted by Crippen LogP contribution is -2.22. The van der Waals surface area contributed by atoms with Gasteiger partial charge in [-0.25, -0.2) is 4.79 Å². The number of anilines is 3. The lowest BCUT2D eigenvalue weighted by Gasteiger charge is -2.20. The Hall–Kier alpha value is -5.30. The molecule has 0 bridgehead atoms. The average molecular weight is 579 g/mol. The summed E-state index contributed by atoms with van der Waals surface area (Å²) in [6.07, 6.45) is -0.292. The monoisotopic (exact) mass is 578 g/mol. The van der Waals surface area contributed by atoms with Crippen LogP contribution in [0.2, 0.25) is 0 Å². The second-order valence-electron chi connectivity index (χ2n) is 9.27. The van der Waals surface area contributed by atoms with Gasteiger partial charge in [-0.15, -0.1) is 0 Å². The van der Waals surface area contributed by atoms with Gasteiger partial charge in [0.25, 0.3) is 5.91 Å². The molecule has 0 aliphatic heterocycles. The maximum atomic E-state index is 13.3. The Balaban J connectivity index is 1.97. The minimum absolute atomic E-state index is 0.0513. The zero-order valence-electron chi connectivity index (χ0n) is 23.4. The quantitative estimate of drug-likeness (QED) is 0.110. The number of aliphatic carboxylic acids is 1. The number of rotatable bonds is 14. The molecule has 3 aromatic carbocycles. The molecule has 0 aromatic heterocycles. The summed E-state index contributed by atoms with van der Waals surface area (Å²) in [5.74, 6) is -1.32. The highest BCUT2D eigenvalue weighted by Gasteiger charge is 2.19. The van der Waals surface area contributed by atoms with Crippen LogP contribution in [0.4, 0.5) is 17.1 Å². The number of nitrogen functional groups attached to an aromatic ring is 1. The van der Waals surface area contributed by atoms with Crippen LogP contribution in [-0.2, 0) is 16.1 Å². The molecule has 0 radical (unpaired) electrons. The molecule has 2 amide bonds. The molecule has 0 fully saturated rings. The van der Waals surface area contributed by atoms with Crippen molar-refractivity contribution in [1.82, 2.24) is 0 Å². The van der Waals surface area contributed by atoms with E-state index in [4.69, 9.17) is 31.1 Å². The molecule has 3 rings (SSSR count). The maximum absolute atomic E-state index is 13.3. The molecule has 0 aliphatic carbocycles. The van der Waals surface area contributed by atoms with Crippen LogP contribution in [0.15, 0.2) is 54.6 Å². The van der Waals surface area contributed by atoms with Crippen LogP contribution in [0.25, 0.3) is 0 Å². The molecule has 0 saturated carbocycles. The fraction of sp³-hybridized carbons (Fsp3) is 0.241. The fourth-order valence-corrected chi connectivity index (χ4v) is 3.83. The van der Waals surface area contributed by atoms with Crippen LogP contribution in [-0.4, -0.2) is 55.1 Å². The van der Waals surface area contributed by atoms with Crippen molar-refractivity contribution in [1.29, 1.82) is 5.41 Å². The largest absolute Gasteiger partial charge is 0.497 e. The van der Waals surface area contributed by atoms with Gasteiger partial charge in [0, 0.05) is 40.8 Å². The van der Waals surface area contributed by atoms with Gasteiger partial charge < -0.3 is 46.7 Å². The number of hydrogen-bond acceptors (Lipinski definition) is 9. The summed E-state index contributed by atoms with van der Waals surface area (Å²) in [6.45, 7) is 2.76. The standard InChI is InChI=1S/C29H34N6O7/c1-16(2)42-24-11-20(34-25(36)13-30)10-18(27(24)41-15-26(37)38)14-33-23-9-8-21(40-3)12-22(23)29(39)35-19-6-4-17(5-7-19)28(31)32/h4-12,16,33H,13-15,30H2,1-3H3,(H3,31,32)(H,34,36)(H,35,39)(H,37,38). The molecule has 0 unspecified atom stereocenters. The third-order valence-electron chi connectivity index (χ3n) is 5.70. The first kappa shape index (κ1) is 31.2. The zero-order valence-corrected chi connectivity index (χ0v) is 23.4. The van der Waals surface area contributed by atoms with Crippen molar-refractivity contribution in [3.63, 3.8) is 0 Å². The van der Waals surface area contributed by atoms with Crippen LogP contribution in [0.1, 0.15) is 35.3 Å². The number of carboxylic acid groups (broad SMARTS) is 1. The highest BCUT2D eigenvalue weighted by atomic mass is 16.5. The summed E-state index contributed by atoms with van der Waals surface area (Å²) in [5, 5.41) is 25.4. The number of amidine groups is 1. The van der Waals surface area contributed by atoms with Gasteiger partial charge in [-0.05, 0) is 62.4 Å². The van der Waals surface area contributed by atoms with Crippen molar-refractivity contribution in [3.8, 4) is 17.2 Å². The molecule has 42 heavy (non-hydrogen) atoms. The molecule has 222 valence electrons. The number of carboxylic acids is 1.